The zero-order valence-electron chi connectivity index (χ0n) is 17.6. The average Bonchev–Trinajstić information content (AvgIpc) is 2.70. The first kappa shape index (κ1) is 23.1. The van der Waals surface area contributed by atoms with Crippen LogP contribution in [-0.4, -0.2) is 60.1 Å². The molecule has 0 spiro atoms. The fourth-order valence-electron chi connectivity index (χ4n) is 3.86. The molecule has 28 heavy (non-hydrogen) atoms. The minimum atomic E-state index is -3.45. The van der Waals surface area contributed by atoms with E-state index in [1.54, 1.807) is 12.1 Å². The monoisotopic (exact) mass is 410 g/mol. The summed E-state index contributed by atoms with van der Waals surface area (Å²) in [5.74, 6) is 0.790. The lowest BCUT2D eigenvalue weighted by molar-refractivity contribution is 0.198. The maximum absolute atomic E-state index is 12.5. The van der Waals surface area contributed by atoms with Crippen molar-refractivity contribution in [2.24, 2.45) is 11.7 Å². The summed E-state index contributed by atoms with van der Waals surface area (Å²) in [5, 5.41) is 0. The molecule has 1 saturated carbocycles. The van der Waals surface area contributed by atoms with Crippen LogP contribution in [0.15, 0.2) is 29.2 Å². The van der Waals surface area contributed by atoms with E-state index in [1.165, 1.54) is 32.1 Å². The van der Waals surface area contributed by atoms with E-state index >= 15 is 0 Å². The number of nitrogens with two attached hydrogens (primary N) is 1. The fraction of sp³-hybridized carbons (Fsp3) is 0.714. The van der Waals surface area contributed by atoms with E-state index < -0.39 is 10.0 Å². The minimum absolute atomic E-state index is 0.320. The van der Waals surface area contributed by atoms with Crippen molar-refractivity contribution >= 4 is 15.7 Å². The number of nitrogens with zero attached hydrogens (tertiary/aromatic N) is 2. The molecule has 0 atom stereocenters. The lowest BCUT2D eigenvalue weighted by Gasteiger charge is -2.29. The highest BCUT2D eigenvalue weighted by Crippen LogP contribution is 2.24. The van der Waals surface area contributed by atoms with Crippen molar-refractivity contribution in [2.45, 2.75) is 49.8 Å². The topological polar surface area (TPSA) is 78.7 Å². The smallest absolute Gasteiger partial charge is 0.240 e. The van der Waals surface area contributed by atoms with Crippen LogP contribution in [0, 0.1) is 5.92 Å². The predicted molar refractivity (Wildman–Crippen MR) is 117 cm³/mol. The molecule has 0 amide bonds. The maximum Gasteiger partial charge on any atom is 0.240 e. The van der Waals surface area contributed by atoms with Crippen molar-refractivity contribution in [3.63, 3.8) is 0 Å². The Labute approximate surface area is 171 Å². The van der Waals surface area contributed by atoms with Gasteiger partial charge in [0.2, 0.25) is 10.0 Å². The fourth-order valence-corrected chi connectivity index (χ4v) is 4.93. The van der Waals surface area contributed by atoms with Crippen molar-refractivity contribution in [1.82, 2.24) is 9.62 Å². The Bertz CT molecular complexity index is 655. The van der Waals surface area contributed by atoms with Crippen LogP contribution in [0.25, 0.3) is 0 Å². The molecule has 2 rings (SSSR count). The molecule has 1 aromatic carbocycles. The highest BCUT2D eigenvalue weighted by molar-refractivity contribution is 7.89. The van der Waals surface area contributed by atoms with Crippen molar-refractivity contribution < 1.29 is 8.42 Å². The molecule has 0 bridgehead atoms. The molecule has 3 N–H and O–H groups in total. The number of rotatable bonds is 12. The Morgan fingerprint density at radius 1 is 1.04 bits per heavy atom. The van der Waals surface area contributed by atoms with Crippen LogP contribution in [0.3, 0.4) is 0 Å². The molecular weight excluding hydrogens is 372 g/mol. The standard InChI is InChI=1S/C21H38N4O2S/c1-24(2)20-10-12-21(13-11-20)28(26,27)23-15-7-17-25(16-6-14-22)18-19-8-4-3-5-9-19/h10-13,19,23H,3-9,14-18,22H2,1-2H3. The highest BCUT2D eigenvalue weighted by Gasteiger charge is 2.18. The van der Waals surface area contributed by atoms with Crippen molar-refractivity contribution in [3.05, 3.63) is 24.3 Å². The Balaban J connectivity index is 1.80. The van der Waals surface area contributed by atoms with Gasteiger partial charge in [-0.15, -0.1) is 0 Å². The summed E-state index contributed by atoms with van der Waals surface area (Å²) in [6.07, 6.45) is 8.53. The number of benzene rings is 1. The molecule has 6 nitrogen and oxygen atoms in total. The van der Waals surface area contributed by atoms with Gasteiger partial charge in [0.25, 0.3) is 0 Å². The zero-order valence-corrected chi connectivity index (χ0v) is 18.4. The van der Waals surface area contributed by atoms with Crippen LogP contribution in [0.5, 0.6) is 0 Å². The van der Waals surface area contributed by atoms with Gasteiger partial charge < -0.3 is 15.5 Å². The third-order valence-electron chi connectivity index (χ3n) is 5.53. The number of sulfonamides is 1. The summed E-state index contributed by atoms with van der Waals surface area (Å²) in [7, 11) is 0.420. The second-order valence-electron chi connectivity index (χ2n) is 8.09. The first-order valence-electron chi connectivity index (χ1n) is 10.6. The van der Waals surface area contributed by atoms with Gasteiger partial charge in [-0.05, 0) is 75.5 Å². The summed E-state index contributed by atoms with van der Waals surface area (Å²) in [6.45, 7) is 4.21. The van der Waals surface area contributed by atoms with E-state index in [2.05, 4.69) is 9.62 Å². The summed E-state index contributed by atoms with van der Waals surface area (Å²) < 4.78 is 27.7. The van der Waals surface area contributed by atoms with E-state index in [0.29, 0.717) is 18.0 Å². The Morgan fingerprint density at radius 3 is 2.29 bits per heavy atom. The third kappa shape index (κ3) is 7.70. The quantitative estimate of drug-likeness (QED) is 0.518. The van der Waals surface area contributed by atoms with E-state index in [4.69, 9.17) is 5.73 Å². The van der Waals surface area contributed by atoms with Gasteiger partial charge in [-0.1, -0.05) is 19.3 Å². The first-order valence-corrected chi connectivity index (χ1v) is 12.1. The second-order valence-corrected chi connectivity index (χ2v) is 9.85. The maximum atomic E-state index is 12.5. The van der Waals surface area contributed by atoms with E-state index in [0.717, 1.165) is 44.1 Å². The average molecular weight is 411 g/mol. The number of hydrogen-bond donors (Lipinski definition) is 2. The van der Waals surface area contributed by atoms with Crippen molar-refractivity contribution in [3.8, 4) is 0 Å². The van der Waals surface area contributed by atoms with Crippen LogP contribution >= 0.6 is 0 Å². The Kier molecular flexibility index (Phi) is 9.71. The van der Waals surface area contributed by atoms with Crippen LogP contribution in [-0.2, 0) is 10.0 Å². The summed E-state index contributed by atoms with van der Waals surface area (Å²) in [5.41, 5.74) is 6.68. The molecule has 0 heterocycles. The predicted octanol–water partition coefficient (Wildman–Crippen LogP) is 2.65. The van der Waals surface area contributed by atoms with Crippen LogP contribution in [0.2, 0.25) is 0 Å². The van der Waals surface area contributed by atoms with Gasteiger partial charge in [0.05, 0.1) is 4.90 Å². The molecule has 0 aromatic heterocycles. The van der Waals surface area contributed by atoms with Gasteiger partial charge in [-0.3, -0.25) is 0 Å². The van der Waals surface area contributed by atoms with Crippen LogP contribution < -0.4 is 15.4 Å². The molecule has 0 radical (unpaired) electrons. The van der Waals surface area contributed by atoms with Gasteiger partial charge in [0, 0.05) is 32.9 Å². The SMILES string of the molecule is CN(C)c1ccc(S(=O)(=O)NCCCN(CCCN)CC2CCCCC2)cc1. The van der Waals surface area contributed by atoms with Crippen molar-refractivity contribution in [2.75, 3.05) is 51.7 Å². The molecule has 0 unspecified atom stereocenters. The summed E-state index contributed by atoms with van der Waals surface area (Å²) in [4.78, 5) is 4.75. The lowest BCUT2D eigenvalue weighted by Crippen LogP contribution is -2.35. The first-order chi connectivity index (χ1) is 13.4. The molecule has 1 aliphatic carbocycles. The largest absolute Gasteiger partial charge is 0.378 e. The van der Waals surface area contributed by atoms with Gasteiger partial charge in [0.15, 0.2) is 0 Å². The lowest BCUT2D eigenvalue weighted by atomic mass is 9.89. The zero-order chi connectivity index (χ0) is 20.4. The third-order valence-corrected chi connectivity index (χ3v) is 7.00. The molecular formula is C21H38N4O2S. The summed E-state index contributed by atoms with van der Waals surface area (Å²) in [6, 6.07) is 6.98. The minimum Gasteiger partial charge on any atom is -0.378 e. The number of nitrogens with one attached hydrogen (secondary N) is 1. The van der Waals surface area contributed by atoms with E-state index in [1.807, 2.05) is 31.1 Å². The molecule has 0 aliphatic heterocycles. The van der Waals surface area contributed by atoms with E-state index in [-0.39, 0.29) is 0 Å². The highest BCUT2D eigenvalue weighted by atomic mass is 32.2. The Morgan fingerprint density at radius 2 is 1.68 bits per heavy atom. The van der Waals surface area contributed by atoms with Crippen LogP contribution in [0.4, 0.5) is 5.69 Å². The molecule has 0 saturated heterocycles. The van der Waals surface area contributed by atoms with Gasteiger partial charge in [-0.25, -0.2) is 13.1 Å². The van der Waals surface area contributed by atoms with Crippen molar-refractivity contribution in [1.29, 1.82) is 0 Å². The second kappa shape index (κ2) is 11.8. The molecule has 160 valence electrons. The van der Waals surface area contributed by atoms with Gasteiger partial charge in [0.1, 0.15) is 0 Å². The number of anilines is 1. The molecule has 1 aliphatic rings. The molecule has 7 heteroatoms. The van der Waals surface area contributed by atoms with Gasteiger partial charge >= 0.3 is 0 Å². The van der Waals surface area contributed by atoms with Gasteiger partial charge in [-0.2, -0.15) is 0 Å². The normalized spacial score (nSPS) is 15.9. The Hall–Kier alpha value is -1.15. The summed E-state index contributed by atoms with van der Waals surface area (Å²) >= 11 is 0. The molecule has 1 aromatic rings. The molecule has 1 fully saturated rings. The number of hydrogen-bond acceptors (Lipinski definition) is 5. The van der Waals surface area contributed by atoms with Crippen LogP contribution in [0.1, 0.15) is 44.9 Å². The van der Waals surface area contributed by atoms with E-state index in [9.17, 15) is 8.42 Å².